The molecule has 1 aromatic carbocycles. The molecule has 0 aliphatic carbocycles. The molecule has 0 bridgehead atoms. The third kappa shape index (κ3) is 1.66. The van der Waals surface area contributed by atoms with Gasteiger partial charge in [-0.15, -0.1) is 0 Å². The van der Waals surface area contributed by atoms with Gasteiger partial charge in [0.25, 0.3) is 0 Å². The number of imidazole rings is 1. The summed E-state index contributed by atoms with van der Waals surface area (Å²) in [6.07, 6.45) is 5.18. The van der Waals surface area contributed by atoms with Crippen molar-refractivity contribution in [2.45, 2.75) is 0 Å². The number of benzene rings is 1. The molecule has 0 amide bonds. The van der Waals surface area contributed by atoms with Gasteiger partial charge in [-0.05, 0) is 12.1 Å². The Morgan fingerprint density at radius 2 is 2.06 bits per heavy atom. The minimum absolute atomic E-state index is 0.602. The lowest BCUT2D eigenvalue weighted by molar-refractivity contribution is 0.415. The van der Waals surface area contributed by atoms with E-state index in [0.29, 0.717) is 11.5 Å². The minimum Gasteiger partial charge on any atom is -0.497 e. The number of fused-ring (bicyclic) bond motifs is 1. The van der Waals surface area contributed by atoms with E-state index in [1.165, 1.54) is 0 Å². The number of nitrogens with two attached hydrogens (primary N) is 1. The molecule has 0 saturated heterocycles. The van der Waals surface area contributed by atoms with Gasteiger partial charge >= 0.3 is 0 Å². The predicted molar refractivity (Wildman–Crippen MR) is 69.4 cm³/mol. The second-order valence-corrected chi connectivity index (χ2v) is 3.93. The molecule has 90 valence electrons. The first-order valence-corrected chi connectivity index (χ1v) is 5.51. The molecule has 18 heavy (non-hydrogen) atoms. The Morgan fingerprint density at radius 1 is 1.22 bits per heavy atom. The van der Waals surface area contributed by atoms with Crippen LogP contribution in [0.4, 0.5) is 5.69 Å². The molecule has 3 aromatic rings. The first-order valence-electron chi connectivity index (χ1n) is 5.51. The molecule has 0 spiro atoms. The first kappa shape index (κ1) is 10.6. The topological polar surface area (TPSA) is 65.4 Å². The van der Waals surface area contributed by atoms with Crippen LogP contribution in [-0.2, 0) is 0 Å². The van der Waals surface area contributed by atoms with Gasteiger partial charge in [-0.2, -0.15) is 0 Å². The van der Waals surface area contributed by atoms with Crippen molar-refractivity contribution in [1.82, 2.24) is 14.4 Å². The highest BCUT2D eigenvalue weighted by Gasteiger charge is 2.07. The van der Waals surface area contributed by atoms with Crippen molar-refractivity contribution in [3.63, 3.8) is 0 Å². The average molecular weight is 240 g/mol. The van der Waals surface area contributed by atoms with Gasteiger partial charge < -0.3 is 10.5 Å². The summed E-state index contributed by atoms with van der Waals surface area (Å²) < 4.78 is 7.08. The number of hydrogen-bond acceptors (Lipinski definition) is 4. The lowest BCUT2D eigenvalue weighted by Crippen LogP contribution is -1.95. The van der Waals surface area contributed by atoms with Crippen molar-refractivity contribution in [2.24, 2.45) is 0 Å². The Balaban J connectivity index is 2.21. The third-order valence-electron chi connectivity index (χ3n) is 2.75. The number of rotatable bonds is 2. The molecule has 3 rings (SSSR count). The van der Waals surface area contributed by atoms with Crippen molar-refractivity contribution in [3.8, 4) is 17.0 Å². The SMILES string of the molecule is COc1cccc(-c2cnc3ncc(N)cn23)c1. The van der Waals surface area contributed by atoms with Crippen molar-refractivity contribution < 1.29 is 4.74 Å². The smallest absolute Gasteiger partial charge is 0.234 e. The van der Waals surface area contributed by atoms with Gasteiger partial charge in [-0.25, -0.2) is 9.97 Å². The van der Waals surface area contributed by atoms with Crippen LogP contribution in [0.5, 0.6) is 5.75 Å². The summed E-state index contributed by atoms with van der Waals surface area (Å²) in [4.78, 5) is 8.41. The fraction of sp³-hybridized carbons (Fsp3) is 0.0769. The number of hydrogen-bond donors (Lipinski definition) is 1. The van der Waals surface area contributed by atoms with E-state index in [-0.39, 0.29) is 0 Å². The van der Waals surface area contributed by atoms with Gasteiger partial charge in [0.2, 0.25) is 5.78 Å². The number of nitrogens with zero attached hydrogens (tertiary/aromatic N) is 3. The van der Waals surface area contributed by atoms with Crippen LogP contribution in [0.25, 0.3) is 17.0 Å². The molecule has 0 radical (unpaired) electrons. The van der Waals surface area contributed by atoms with Gasteiger partial charge in [-0.1, -0.05) is 12.1 Å². The highest BCUT2D eigenvalue weighted by molar-refractivity contribution is 5.64. The summed E-state index contributed by atoms with van der Waals surface area (Å²) in [7, 11) is 1.65. The molecule has 5 nitrogen and oxygen atoms in total. The maximum atomic E-state index is 5.75. The zero-order valence-electron chi connectivity index (χ0n) is 9.87. The molecular formula is C13H12N4O. The molecule has 2 N–H and O–H groups in total. The van der Waals surface area contributed by atoms with Gasteiger partial charge in [0.1, 0.15) is 5.75 Å². The number of nitrogen functional groups attached to an aromatic ring is 1. The van der Waals surface area contributed by atoms with E-state index in [0.717, 1.165) is 17.0 Å². The van der Waals surface area contributed by atoms with Gasteiger partial charge in [0, 0.05) is 11.8 Å². The molecule has 0 fully saturated rings. The number of ether oxygens (including phenoxy) is 1. The third-order valence-corrected chi connectivity index (χ3v) is 2.75. The Bertz CT molecular complexity index is 705. The lowest BCUT2D eigenvalue weighted by Gasteiger charge is -2.04. The minimum atomic E-state index is 0.602. The van der Waals surface area contributed by atoms with Crippen LogP contribution in [0.3, 0.4) is 0 Å². The normalized spacial score (nSPS) is 10.7. The highest BCUT2D eigenvalue weighted by Crippen LogP contribution is 2.24. The molecule has 0 atom stereocenters. The molecule has 0 aliphatic heterocycles. The maximum Gasteiger partial charge on any atom is 0.234 e. The second-order valence-electron chi connectivity index (χ2n) is 3.93. The zero-order valence-corrected chi connectivity index (χ0v) is 9.87. The van der Waals surface area contributed by atoms with E-state index in [1.54, 1.807) is 19.5 Å². The van der Waals surface area contributed by atoms with Crippen LogP contribution in [0.15, 0.2) is 42.9 Å². The first-order chi connectivity index (χ1) is 8.78. The monoisotopic (exact) mass is 240 g/mol. The van der Waals surface area contributed by atoms with E-state index in [9.17, 15) is 0 Å². The number of methoxy groups -OCH3 is 1. The molecule has 0 unspecified atom stereocenters. The molecule has 0 aliphatic rings. The van der Waals surface area contributed by atoms with Crippen molar-refractivity contribution in [3.05, 3.63) is 42.9 Å². The second kappa shape index (κ2) is 4.03. The largest absolute Gasteiger partial charge is 0.497 e. The van der Waals surface area contributed by atoms with Crippen LogP contribution in [-0.4, -0.2) is 21.5 Å². The number of anilines is 1. The fourth-order valence-electron chi connectivity index (χ4n) is 1.88. The van der Waals surface area contributed by atoms with Crippen LogP contribution >= 0.6 is 0 Å². The molecule has 2 aromatic heterocycles. The van der Waals surface area contributed by atoms with Crippen LogP contribution in [0.2, 0.25) is 0 Å². The van der Waals surface area contributed by atoms with Gasteiger partial charge in [-0.3, -0.25) is 4.40 Å². The van der Waals surface area contributed by atoms with Gasteiger partial charge in [0.05, 0.1) is 30.9 Å². The van der Waals surface area contributed by atoms with E-state index < -0.39 is 0 Å². The highest BCUT2D eigenvalue weighted by atomic mass is 16.5. The summed E-state index contributed by atoms with van der Waals surface area (Å²) in [5.41, 5.74) is 8.29. The summed E-state index contributed by atoms with van der Waals surface area (Å²) in [5.74, 6) is 1.43. The molecule has 2 heterocycles. The van der Waals surface area contributed by atoms with Crippen molar-refractivity contribution in [2.75, 3.05) is 12.8 Å². The Kier molecular flexibility index (Phi) is 2.37. The van der Waals surface area contributed by atoms with E-state index in [4.69, 9.17) is 10.5 Å². The van der Waals surface area contributed by atoms with E-state index in [2.05, 4.69) is 9.97 Å². The Labute approximate surface area is 104 Å². The quantitative estimate of drug-likeness (QED) is 0.744. The Morgan fingerprint density at radius 3 is 2.89 bits per heavy atom. The molecular weight excluding hydrogens is 228 g/mol. The summed E-state index contributed by atoms with van der Waals surface area (Å²) in [6.45, 7) is 0. The molecule has 5 heteroatoms. The van der Waals surface area contributed by atoms with E-state index >= 15 is 0 Å². The van der Waals surface area contributed by atoms with Crippen molar-refractivity contribution in [1.29, 1.82) is 0 Å². The van der Waals surface area contributed by atoms with Crippen LogP contribution in [0, 0.1) is 0 Å². The molecule has 0 saturated carbocycles. The Hall–Kier alpha value is -2.56. The summed E-state index contributed by atoms with van der Waals surface area (Å²) >= 11 is 0. The maximum absolute atomic E-state index is 5.75. The van der Waals surface area contributed by atoms with Crippen LogP contribution in [0.1, 0.15) is 0 Å². The van der Waals surface area contributed by atoms with Crippen molar-refractivity contribution >= 4 is 11.5 Å². The zero-order chi connectivity index (χ0) is 12.5. The summed E-state index contributed by atoms with van der Waals surface area (Å²) in [5, 5.41) is 0. The van der Waals surface area contributed by atoms with E-state index in [1.807, 2.05) is 34.9 Å². The average Bonchev–Trinajstić information content (AvgIpc) is 2.81. The fourth-order valence-corrected chi connectivity index (χ4v) is 1.88. The lowest BCUT2D eigenvalue weighted by atomic mass is 10.1. The summed E-state index contributed by atoms with van der Waals surface area (Å²) in [6, 6.07) is 7.79. The standard InChI is InChI=1S/C13H12N4O/c1-18-11-4-2-3-9(5-11)12-7-16-13-15-6-10(14)8-17(12)13/h2-8H,14H2,1H3. The number of aromatic nitrogens is 3. The van der Waals surface area contributed by atoms with Gasteiger partial charge in [0.15, 0.2) is 0 Å². The van der Waals surface area contributed by atoms with Crippen LogP contribution < -0.4 is 10.5 Å². The predicted octanol–water partition coefficient (Wildman–Crippen LogP) is 1.99.